The highest BCUT2D eigenvalue weighted by molar-refractivity contribution is 5.87. The minimum absolute atomic E-state index is 0.0774. The van der Waals surface area contributed by atoms with E-state index in [2.05, 4.69) is 34.6 Å². The summed E-state index contributed by atoms with van der Waals surface area (Å²) in [4.78, 5) is 33.0. The molecule has 2 aromatic rings. The third-order valence-electron chi connectivity index (χ3n) is 7.99. The molecule has 1 N–H and O–H groups in total. The fraction of sp³-hybridized carbons (Fsp3) is 0.536. The first-order valence-electron chi connectivity index (χ1n) is 12.6. The van der Waals surface area contributed by atoms with Crippen LogP contribution < -0.4 is 5.32 Å². The van der Waals surface area contributed by atoms with Crippen LogP contribution in [-0.2, 0) is 16.0 Å². The maximum absolute atomic E-state index is 13.5. The van der Waals surface area contributed by atoms with Gasteiger partial charge >= 0.3 is 0 Å². The van der Waals surface area contributed by atoms with Gasteiger partial charge in [0, 0.05) is 37.4 Å². The van der Waals surface area contributed by atoms with Crippen molar-refractivity contribution >= 4 is 11.8 Å². The molecule has 174 valence electrons. The van der Waals surface area contributed by atoms with Crippen LogP contribution in [0.2, 0.25) is 0 Å². The zero-order valence-electron chi connectivity index (χ0n) is 19.8. The Hall–Kier alpha value is -2.69. The van der Waals surface area contributed by atoms with Crippen molar-refractivity contribution in [2.24, 2.45) is 23.2 Å². The number of amides is 2. The standard InChI is InChI=1S/C28H35N3O2/c1-19(2)30-27(33)28(17-20-6-5-7-22(16-20)21-10-13-29-14-11-21)12-15-31(18-28)26(32)25-23-8-3-4-9-24(23)25/h5-7,10-11,13-14,16,19,23-25H,3-4,8-9,12,15,17-18H2,1-2H3,(H,30,33)/t23-,24+,25?,28-/m1/s1. The van der Waals surface area contributed by atoms with Crippen LogP contribution in [0.4, 0.5) is 0 Å². The molecule has 0 bridgehead atoms. The van der Waals surface area contributed by atoms with Gasteiger partial charge < -0.3 is 10.2 Å². The van der Waals surface area contributed by atoms with Crippen molar-refractivity contribution in [3.8, 4) is 11.1 Å². The lowest BCUT2D eigenvalue weighted by molar-refractivity contribution is -0.134. The number of rotatable bonds is 6. The van der Waals surface area contributed by atoms with Crippen LogP contribution in [0.25, 0.3) is 11.1 Å². The fourth-order valence-electron chi connectivity index (χ4n) is 6.25. The number of nitrogens with zero attached hydrogens (tertiary/aromatic N) is 2. The highest BCUT2D eigenvalue weighted by atomic mass is 16.2. The second kappa shape index (κ2) is 8.92. The lowest BCUT2D eigenvalue weighted by Gasteiger charge is -2.30. The molecule has 0 radical (unpaired) electrons. The third-order valence-corrected chi connectivity index (χ3v) is 7.99. The van der Waals surface area contributed by atoms with E-state index in [4.69, 9.17) is 0 Å². The molecule has 1 saturated heterocycles. The van der Waals surface area contributed by atoms with Gasteiger partial charge in [0.1, 0.15) is 0 Å². The molecular formula is C28H35N3O2. The topological polar surface area (TPSA) is 62.3 Å². The van der Waals surface area contributed by atoms with Crippen molar-refractivity contribution in [1.29, 1.82) is 0 Å². The quantitative estimate of drug-likeness (QED) is 0.714. The first kappa shape index (κ1) is 22.1. The number of pyridine rings is 1. The Labute approximate surface area is 197 Å². The van der Waals surface area contributed by atoms with Crippen LogP contribution in [-0.4, -0.2) is 40.8 Å². The normalized spacial score (nSPS) is 28.5. The number of aromatic nitrogens is 1. The molecule has 1 unspecified atom stereocenters. The van der Waals surface area contributed by atoms with Crippen LogP contribution in [0.5, 0.6) is 0 Å². The minimum atomic E-state index is -0.573. The van der Waals surface area contributed by atoms with Gasteiger partial charge in [0.25, 0.3) is 0 Å². The number of nitrogens with one attached hydrogen (secondary N) is 1. The SMILES string of the molecule is CC(C)NC(=O)[C@@]1(Cc2cccc(-c3ccncc3)c2)CCN(C(=O)C2[C@H]3CCCC[C@@H]23)C1. The summed E-state index contributed by atoms with van der Waals surface area (Å²) >= 11 is 0. The van der Waals surface area contributed by atoms with E-state index in [0.29, 0.717) is 37.3 Å². The highest BCUT2D eigenvalue weighted by Crippen LogP contribution is 2.56. The summed E-state index contributed by atoms with van der Waals surface area (Å²) in [6, 6.07) is 12.5. The van der Waals surface area contributed by atoms with Gasteiger partial charge in [-0.2, -0.15) is 0 Å². The van der Waals surface area contributed by atoms with E-state index >= 15 is 0 Å². The Morgan fingerprint density at radius 3 is 2.52 bits per heavy atom. The number of fused-ring (bicyclic) bond motifs is 1. The predicted octanol–water partition coefficient (Wildman–Crippen LogP) is 4.47. The fourth-order valence-corrected chi connectivity index (χ4v) is 6.25. The van der Waals surface area contributed by atoms with Crippen LogP contribution >= 0.6 is 0 Å². The summed E-state index contributed by atoms with van der Waals surface area (Å²) in [6.07, 6.45) is 9.90. The molecule has 2 amide bonds. The Morgan fingerprint density at radius 1 is 1.09 bits per heavy atom. The molecule has 5 rings (SSSR count). The van der Waals surface area contributed by atoms with E-state index in [0.717, 1.165) is 23.1 Å². The van der Waals surface area contributed by atoms with Crippen LogP contribution in [0.3, 0.4) is 0 Å². The average Bonchev–Trinajstić information content (AvgIpc) is 3.40. The molecule has 0 spiro atoms. The van der Waals surface area contributed by atoms with Crippen molar-refractivity contribution in [2.75, 3.05) is 13.1 Å². The molecule has 3 aliphatic rings. The maximum atomic E-state index is 13.5. The molecule has 33 heavy (non-hydrogen) atoms. The van der Waals surface area contributed by atoms with Crippen molar-refractivity contribution in [2.45, 2.75) is 58.4 Å². The highest BCUT2D eigenvalue weighted by Gasteiger charge is 2.57. The largest absolute Gasteiger partial charge is 0.353 e. The zero-order chi connectivity index (χ0) is 23.0. The zero-order valence-corrected chi connectivity index (χ0v) is 19.8. The molecule has 4 atom stereocenters. The smallest absolute Gasteiger partial charge is 0.228 e. The molecule has 1 aromatic heterocycles. The monoisotopic (exact) mass is 445 g/mol. The molecule has 2 aliphatic carbocycles. The summed E-state index contributed by atoms with van der Waals surface area (Å²) in [5.41, 5.74) is 2.81. The lowest BCUT2D eigenvalue weighted by Crippen LogP contribution is -2.47. The molecule has 2 saturated carbocycles. The summed E-state index contributed by atoms with van der Waals surface area (Å²) < 4.78 is 0. The van der Waals surface area contributed by atoms with Gasteiger partial charge in [-0.05, 0) is 80.2 Å². The van der Waals surface area contributed by atoms with Crippen LogP contribution in [0.1, 0.15) is 51.5 Å². The number of hydrogen-bond acceptors (Lipinski definition) is 3. The lowest BCUT2D eigenvalue weighted by atomic mass is 9.79. The van der Waals surface area contributed by atoms with Gasteiger partial charge in [-0.1, -0.05) is 37.1 Å². The predicted molar refractivity (Wildman–Crippen MR) is 129 cm³/mol. The number of carbonyl (C=O) groups excluding carboxylic acids is 2. The van der Waals surface area contributed by atoms with E-state index in [1.165, 1.54) is 25.7 Å². The molecular weight excluding hydrogens is 410 g/mol. The van der Waals surface area contributed by atoms with Crippen molar-refractivity contribution in [3.63, 3.8) is 0 Å². The third kappa shape index (κ3) is 4.42. The first-order valence-corrected chi connectivity index (χ1v) is 12.6. The van der Waals surface area contributed by atoms with E-state index in [-0.39, 0.29) is 17.9 Å². The summed E-state index contributed by atoms with van der Waals surface area (Å²) in [6.45, 7) is 5.22. The first-order chi connectivity index (χ1) is 16.0. The second-order valence-corrected chi connectivity index (χ2v) is 10.7. The molecule has 2 heterocycles. The van der Waals surface area contributed by atoms with E-state index < -0.39 is 5.41 Å². The average molecular weight is 446 g/mol. The Bertz CT molecular complexity index is 1010. The number of hydrogen-bond donors (Lipinski definition) is 1. The summed E-state index contributed by atoms with van der Waals surface area (Å²) in [7, 11) is 0. The number of likely N-dealkylation sites (tertiary alicyclic amines) is 1. The van der Waals surface area contributed by atoms with E-state index in [1.54, 1.807) is 12.4 Å². The van der Waals surface area contributed by atoms with Gasteiger partial charge in [0.15, 0.2) is 0 Å². The Balaban J connectivity index is 1.37. The van der Waals surface area contributed by atoms with Gasteiger partial charge in [-0.25, -0.2) is 0 Å². The van der Waals surface area contributed by atoms with Crippen molar-refractivity contribution in [1.82, 2.24) is 15.2 Å². The van der Waals surface area contributed by atoms with Gasteiger partial charge in [0.2, 0.25) is 11.8 Å². The van der Waals surface area contributed by atoms with Crippen molar-refractivity contribution in [3.05, 3.63) is 54.4 Å². The Morgan fingerprint density at radius 2 is 1.82 bits per heavy atom. The maximum Gasteiger partial charge on any atom is 0.228 e. The van der Waals surface area contributed by atoms with E-state index in [9.17, 15) is 9.59 Å². The minimum Gasteiger partial charge on any atom is -0.353 e. The second-order valence-electron chi connectivity index (χ2n) is 10.7. The Kier molecular flexibility index (Phi) is 5.98. The molecule has 1 aromatic carbocycles. The molecule has 1 aliphatic heterocycles. The van der Waals surface area contributed by atoms with Crippen LogP contribution in [0, 0.1) is 23.2 Å². The van der Waals surface area contributed by atoms with E-state index in [1.807, 2.05) is 30.9 Å². The van der Waals surface area contributed by atoms with Gasteiger partial charge in [-0.15, -0.1) is 0 Å². The number of carbonyl (C=O) groups is 2. The van der Waals surface area contributed by atoms with Crippen molar-refractivity contribution < 1.29 is 9.59 Å². The van der Waals surface area contributed by atoms with Gasteiger partial charge in [0.05, 0.1) is 5.41 Å². The summed E-state index contributed by atoms with van der Waals surface area (Å²) in [5, 5.41) is 3.16. The summed E-state index contributed by atoms with van der Waals surface area (Å²) in [5.74, 6) is 1.80. The van der Waals surface area contributed by atoms with Gasteiger partial charge in [-0.3, -0.25) is 14.6 Å². The van der Waals surface area contributed by atoms with Crippen LogP contribution in [0.15, 0.2) is 48.8 Å². The molecule has 3 fully saturated rings. The molecule has 5 heteroatoms. The number of benzene rings is 1. The molecule has 5 nitrogen and oxygen atoms in total.